The molecule has 0 bridgehead atoms. The molecule has 5 nitrogen and oxygen atoms in total. The number of H-pyrrole nitrogens is 1. The highest BCUT2D eigenvalue weighted by Crippen LogP contribution is 2.41. The first-order valence-electron chi connectivity index (χ1n) is 8.35. The second kappa shape index (κ2) is 6.00. The lowest BCUT2D eigenvalue weighted by molar-refractivity contribution is 0.582. The minimum Gasteiger partial charge on any atom is -0.281 e. The van der Waals surface area contributed by atoms with E-state index in [4.69, 9.17) is 0 Å². The summed E-state index contributed by atoms with van der Waals surface area (Å²) in [6.45, 7) is 0. The van der Waals surface area contributed by atoms with E-state index in [0.29, 0.717) is 0 Å². The Morgan fingerprint density at radius 2 is 1.77 bits per heavy atom. The number of allylic oxidation sites excluding steroid dienone is 1. The molecule has 0 amide bonds. The molecule has 1 N–H and O–H groups in total. The van der Waals surface area contributed by atoms with E-state index >= 15 is 0 Å². The van der Waals surface area contributed by atoms with Gasteiger partial charge in [-0.3, -0.25) is 20.1 Å². The summed E-state index contributed by atoms with van der Waals surface area (Å²) in [5, 5.41) is 7.78. The van der Waals surface area contributed by atoms with E-state index < -0.39 is 5.41 Å². The number of hydrogen-bond acceptors (Lipinski definition) is 5. The van der Waals surface area contributed by atoms with Crippen LogP contribution in [0.2, 0.25) is 0 Å². The minimum atomic E-state index is -0.410. The number of fused-ring (bicyclic) bond motifs is 1. The Kier molecular flexibility index (Phi) is 3.50. The molecule has 0 spiro atoms. The molecule has 6 heteroatoms. The number of nitrogens with one attached hydrogen (secondary N) is 1. The molecule has 0 aromatic carbocycles. The first kappa shape index (κ1) is 15.2. The number of thiazole rings is 1. The molecule has 0 fully saturated rings. The van der Waals surface area contributed by atoms with Gasteiger partial charge in [-0.1, -0.05) is 24.3 Å². The molecule has 1 aliphatic carbocycles. The summed E-state index contributed by atoms with van der Waals surface area (Å²) >= 11 is 1.59. The van der Waals surface area contributed by atoms with Gasteiger partial charge in [-0.2, -0.15) is 5.10 Å². The van der Waals surface area contributed by atoms with Crippen molar-refractivity contribution in [2.24, 2.45) is 0 Å². The lowest BCUT2D eigenvalue weighted by Gasteiger charge is -2.32. The number of pyridine rings is 2. The van der Waals surface area contributed by atoms with Crippen LogP contribution >= 0.6 is 11.3 Å². The maximum atomic E-state index is 4.65. The van der Waals surface area contributed by atoms with Gasteiger partial charge in [0.1, 0.15) is 5.69 Å². The summed E-state index contributed by atoms with van der Waals surface area (Å²) in [7, 11) is 0. The van der Waals surface area contributed by atoms with Crippen LogP contribution in [0.1, 0.15) is 22.6 Å². The van der Waals surface area contributed by atoms with Crippen LogP contribution in [-0.2, 0) is 11.8 Å². The van der Waals surface area contributed by atoms with Crippen molar-refractivity contribution in [3.05, 3.63) is 89.2 Å². The summed E-state index contributed by atoms with van der Waals surface area (Å²) in [5.74, 6) is 0. The van der Waals surface area contributed by atoms with E-state index in [0.717, 1.165) is 39.6 Å². The topological polar surface area (TPSA) is 67.3 Å². The van der Waals surface area contributed by atoms with Crippen LogP contribution in [0.15, 0.2) is 66.6 Å². The van der Waals surface area contributed by atoms with Crippen LogP contribution < -0.4 is 0 Å². The van der Waals surface area contributed by atoms with E-state index in [2.05, 4.69) is 49.4 Å². The van der Waals surface area contributed by atoms with Crippen LogP contribution in [0.25, 0.3) is 16.6 Å². The highest BCUT2D eigenvalue weighted by Gasteiger charge is 2.38. The van der Waals surface area contributed by atoms with Crippen LogP contribution in [0.4, 0.5) is 0 Å². The average Bonchev–Trinajstić information content (AvgIpc) is 3.38. The van der Waals surface area contributed by atoms with E-state index in [1.807, 2.05) is 48.4 Å². The molecule has 1 aliphatic rings. The summed E-state index contributed by atoms with van der Waals surface area (Å²) in [6, 6.07) is 12.0. The predicted octanol–water partition coefficient (Wildman–Crippen LogP) is 3.88. The molecule has 4 aromatic rings. The second-order valence-corrected chi connectivity index (χ2v) is 7.13. The minimum absolute atomic E-state index is 0.410. The van der Waals surface area contributed by atoms with Gasteiger partial charge >= 0.3 is 0 Å². The molecule has 0 atom stereocenters. The third-order valence-corrected chi connectivity index (χ3v) is 5.56. The Labute approximate surface area is 154 Å². The van der Waals surface area contributed by atoms with Crippen molar-refractivity contribution in [1.82, 2.24) is 25.1 Å². The molecular weight excluding hydrogens is 342 g/mol. The Hall–Kier alpha value is -3.12. The van der Waals surface area contributed by atoms with Crippen molar-refractivity contribution in [3.63, 3.8) is 0 Å². The van der Waals surface area contributed by atoms with E-state index in [1.54, 1.807) is 11.3 Å². The molecule has 4 heterocycles. The van der Waals surface area contributed by atoms with E-state index in [-0.39, 0.29) is 0 Å². The SMILES string of the molecule is C1=CC(c2ccccn2)(c2ccccn2)Cc2[nH]nc(-c3cncs3)c21. The summed E-state index contributed by atoms with van der Waals surface area (Å²) in [5.41, 5.74) is 6.55. The van der Waals surface area contributed by atoms with Crippen LogP contribution in [0, 0.1) is 0 Å². The highest BCUT2D eigenvalue weighted by molar-refractivity contribution is 7.13. The van der Waals surface area contributed by atoms with E-state index in [9.17, 15) is 0 Å². The van der Waals surface area contributed by atoms with Crippen molar-refractivity contribution < 1.29 is 0 Å². The maximum Gasteiger partial charge on any atom is 0.111 e. The molecule has 0 unspecified atom stereocenters. The molecule has 0 saturated heterocycles. The number of aromatic amines is 1. The monoisotopic (exact) mass is 357 g/mol. The van der Waals surface area contributed by atoms with E-state index in [1.165, 1.54) is 0 Å². The van der Waals surface area contributed by atoms with Crippen LogP contribution in [0.5, 0.6) is 0 Å². The maximum absolute atomic E-state index is 4.65. The summed E-state index contributed by atoms with van der Waals surface area (Å²) < 4.78 is 0. The smallest absolute Gasteiger partial charge is 0.111 e. The standard InChI is InChI=1S/C20H15N5S/c1-3-9-22-17(5-1)20(18-6-2-4-10-23-18)8-7-14-15(11-20)24-25-19(14)16-12-21-13-26-16/h1-10,12-13H,11H2,(H,24,25). The zero-order valence-electron chi connectivity index (χ0n) is 13.8. The normalized spacial score (nSPS) is 14.9. The first-order chi connectivity index (χ1) is 12.9. The first-order valence-corrected chi connectivity index (χ1v) is 9.23. The zero-order valence-corrected chi connectivity index (χ0v) is 14.6. The molecule has 126 valence electrons. The van der Waals surface area contributed by atoms with Gasteiger partial charge in [-0.05, 0) is 24.3 Å². The molecule has 5 rings (SSSR count). The Morgan fingerprint density at radius 3 is 2.38 bits per heavy atom. The van der Waals surface area contributed by atoms with Gasteiger partial charge in [0.25, 0.3) is 0 Å². The molecule has 0 radical (unpaired) electrons. The molecule has 26 heavy (non-hydrogen) atoms. The molecular formula is C20H15N5S. The molecule has 4 aromatic heterocycles. The highest BCUT2D eigenvalue weighted by atomic mass is 32.1. The zero-order chi connectivity index (χ0) is 17.4. The van der Waals surface area contributed by atoms with Gasteiger partial charge in [0.2, 0.25) is 0 Å². The number of hydrogen-bond donors (Lipinski definition) is 1. The quantitative estimate of drug-likeness (QED) is 0.604. The molecule has 0 saturated carbocycles. The predicted molar refractivity (Wildman–Crippen MR) is 102 cm³/mol. The average molecular weight is 357 g/mol. The third kappa shape index (κ3) is 2.30. The Bertz CT molecular complexity index is 1010. The van der Waals surface area contributed by atoms with Crippen molar-refractivity contribution >= 4 is 17.4 Å². The number of aromatic nitrogens is 5. The Morgan fingerprint density at radius 1 is 1.00 bits per heavy atom. The Balaban J connectivity index is 1.67. The van der Waals surface area contributed by atoms with Gasteiger partial charge < -0.3 is 0 Å². The van der Waals surface area contributed by atoms with Gasteiger partial charge in [-0.25, -0.2) is 0 Å². The fourth-order valence-electron chi connectivity index (χ4n) is 3.52. The fraction of sp³-hybridized carbons (Fsp3) is 0.100. The van der Waals surface area contributed by atoms with Crippen molar-refractivity contribution in [1.29, 1.82) is 0 Å². The van der Waals surface area contributed by atoms with Gasteiger partial charge in [0, 0.05) is 36.3 Å². The fourth-order valence-corrected chi connectivity index (χ4v) is 4.15. The van der Waals surface area contributed by atoms with Crippen molar-refractivity contribution in [2.75, 3.05) is 0 Å². The van der Waals surface area contributed by atoms with Gasteiger partial charge in [0.15, 0.2) is 0 Å². The van der Waals surface area contributed by atoms with Crippen molar-refractivity contribution in [2.45, 2.75) is 11.8 Å². The largest absolute Gasteiger partial charge is 0.281 e. The summed E-state index contributed by atoms with van der Waals surface area (Å²) in [4.78, 5) is 14.5. The van der Waals surface area contributed by atoms with Crippen LogP contribution in [0.3, 0.4) is 0 Å². The van der Waals surface area contributed by atoms with Gasteiger partial charge in [-0.15, -0.1) is 11.3 Å². The number of nitrogens with zero attached hydrogens (tertiary/aromatic N) is 4. The molecule has 0 aliphatic heterocycles. The summed E-state index contributed by atoms with van der Waals surface area (Å²) in [6.07, 6.45) is 10.6. The van der Waals surface area contributed by atoms with Crippen LogP contribution in [-0.4, -0.2) is 25.1 Å². The lowest BCUT2D eigenvalue weighted by atomic mass is 9.72. The number of rotatable bonds is 3. The second-order valence-electron chi connectivity index (χ2n) is 6.24. The third-order valence-electron chi connectivity index (χ3n) is 4.78. The lowest BCUT2D eigenvalue weighted by Crippen LogP contribution is -2.32. The van der Waals surface area contributed by atoms with Crippen molar-refractivity contribution in [3.8, 4) is 10.6 Å². The van der Waals surface area contributed by atoms with Gasteiger partial charge in [0.05, 0.1) is 27.2 Å².